The van der Waals surface area contributed by atoms with Gasteiger partial charge in [-0.15, -0.1) is 0 Å². The molecule has 0 atom stereocenters. The fourth-order valence-corrected chi connectivity index (χ4v) is 2.77. The van der Waals surface area contributed by atoms with Crippen LogP contribution in [0.3, 0.4) is 0 Å². The molecule has 1 aromatic rings. The molecule has 1 saturated heterocycles. The lowest BCUT2D eigenvalue weighted by molar-refractivity contribution is -0.892. The molecular formula is C14H20ClN4O3+. The summed E-state index contributed by atoms with van der Waals surface area (Å²) in [4.78, 5) is 27.0. The standard InChI is InChI=1S/C14H19ClN4O3/c1-16(2)14(20)10-17-5-7-18(8-6-17)13-4-3-11(19(21)22)9-12(13)15/h3-4,9H,5-8,10H2,1-2H3/p+1. The van der Waals surface area contributed by atoms with Crippen molar-refractivity contribution < 1.29 is 14.6 Å². The van der Waals surface area contributed by atoms with Gasteiger partial charge in [0.15, 0.2) is 6.54 Å². The van der Waals surface area contributed by atoms with Crippen LogP contribution in [-0.4, -0.2) is 62.5 Å². The molecule has 0 bridgehead atoms. The second-order valence-electron chi connectivity index (χ2n) is 5.59. The van der Waals surface area contributed by atoms with Crippen molar-refractivity contribution in [2.75, 3.05) is 51.7 Å². The topological polar surface area (TPSA) is 71.1 Å². The molecule has 0 spiro atoms. The maximum atomic E-state index is 11.7. The van der Waals surface area contributed by atoms with Crippen LogP contribution < -0.4 is 9.80 Å². The van der Waals surface area contributed by atoms with Crippen LogP contribution in [0.15, 0.2) is 18.2 Å². The molecule has 1 heterocycles. The third-order valence-corrected chi connectivity index (χ3v) is 4.16. The highest BCUT2D eigenvalue weighted by atomic mass is 35.5. The second-order valence-corrected chi connectivity index (χ2v) is 6.00. The number of nitrogens with zero attached hydrogens (tertiary/aromatic N) is 3. The summed E-state index contributed by atoms with van der Waals surface area (Å²) in [5, 5.41) is 11.1. The van der Waals surface area contributed by atoms with Crippen LogP contribution in [-0.2, 0) is 4.79 Å². The minimum absolute atomic E-state index is 0.00501. The van der Waals surface area contributed by atoms with Crippen LogP contribution in [0.5, 0.6) is 0 Å². The van der Waals surface area contributed by atoms with Gasteiger partial charge in [-0.05, 0) is 6.07 Å². The van der Waals surface area contributed by atoms with Gasteiger partial charge in [0.2, 0.25) is 0 Å². The quantitative estimate of drug-likeness (QED) is 0.626. The van der Waals surface area contributed by atoms with Gasteiger partial charge in [0.25, 0.3) is 11.6 Å². The Morgan fingerprint density at radius 2 is 2.05 bits per heavy atom. The second kappa shape index (κ2) is 6.93. The lowest BCUT2D eigenvalue weighted by atomic mass is 10.2. The summed E-state index contributed by atoms with van der Waals surface area (Å²) in [6, 6.07) is 4.54. The Labute approximate surface area is 134 Å². The largest absolute Gasteiger partial charge is 0.359 e. The summed E-state index contributed by atoms with van der Waals surface area (Å²) in [5.41, 5.74) is 0.805. The molecule has 0 aromatic heterocycles. The summed E-state index contributed by atoms with van der Waals surface area (Å²) >= 11 is 6.16. The fourth-order valence-electron chi connectivity index (χ4n) is 2.48. The van der Waals surface area contributed by atoms with Gasteiger partial charge in [0.1, 0.15) is 0 Å². The Morgan fingerprint density at radius 3 is 2.55 bits per heavy atom. The number of nitro benzene ring substituents is 1. The Kier molecular flexibility index (Phi) is 5.20. The lowest BCUT2D eigenvalue weighted by Gasteiger charge is -2.34. The number of nitro groups is 1. The van der Waals surface area contributed by atoms with Crippen LogP contribution in [0, 0.1) is 10.1 Å². The molecule has 0 aliphatic carbocycles. The van der Waals surface area contributed by atoms with Crippen LogP contribution in [0.4, 0.5) is 11.4 Å². The molecule has 0 saturated carbocycles. The molecule has 1 aliphatic rings. The number of benzene rings is 1. The Bertz CT molecular complexity index is 571. The number of amides is 1. The van der Waals surface area contributed by atoms with Gasteiger partial charge in [-0.25, -0.2) is 0 Å². The molecule has 1 aliphatic heterocycles. The first-order chi connectivity index (χ1) is 10.4. The lowest BCUT2D eigenvalue weighted by Crippen LogP contribution is -3.15. The highest BCUT2D eigenvalue weighted by Crippen LogP contribution is 2.29. The highest BCUT2D eigenvalue weighted by molar-refractivity contribution is 6.33. The average molecular weight is 328 g/mol. The van der Waals surface area contributed by atoms with Crippen molar-refractivity contribution in [3.63, 3.8) is 0 Å². The first-order valence-electron chi connectivity index (χ1n) is 7.11. The van der Waals surface area contributed by atoms with Gasteiger partial charge in [-0.3, -0.25) is 14.9 Å². The van der Waals surface area contributed by atoms with Crippen LogP contribution in [0.1, 0.15) is 0 Å². The number of piperazine rings is 1. The molecule has 1 N–H and O–H groups in total. The summed E-state index contributed by atoms with van der Waals surface area (Å²) in [6.45, 7) is 3.72. The number of quaternary nitrogens is 1. The van der Waals surface area contributed by atoms with E-state index in [-0.39, 0.29) is 11.6 Å². The van der Waals surface area contributed by atoms with E-state index in [1.54, 1.807) is 25.1 Å². The normalized spacial score (nSPS) is 15.7. The zero-order chi connectivity index (χ0) is 16.3. The number of carbonyl (C=O) groups is 1. The van der Waals surface area contributed by atoms with E-state index in [0.29, 0.717) is 11.6 Å². The van der Waals surface area contributed by atoms with Crippen molar-refractivity contribution in [2.45, 2.75) is 0 Å². The third-order valence-electron chi connectivity index (χ3n) is 3.85. The van der Waals surface area contributed by atoms with E-state index >= 15 is 0 Å². The van der Waals surface area contributed by atoms with Gasteiger partial charge in [0.05, 0.1) is 41.8 Å². The minimum Gasteiger partial charge on any atom is -0.359 e. The van der Waals surface area contributed by atoms with Crippen molar-refractivity contribution >= 4 is 28.9 Å². The summed E-state index contributed by atoms with van der Waals surface area (Å²) < 4.78 is 0. The van der Waals surface area contributed by atoms with E-state index in [9.17, 15) is 14.9 Å². The fraction of sp³-hybridized carbons (Fsp3) is 0.500. The van der Waals surface area contributed by atoms with Crippen molar-refractivity contribution in [2.24, 2.45) is 0 Å². The molecule has 2 rings (SSSR count). The van der Waals surface area contributed by atoms with Crippen molar-refractivity contribution in [3.8, 4) is 0 Å². The van der Waals surface area contributed by atoms with Gasteiger partial charge in [-0.2, -0.15) is 0 Å². The molecule has 1 fully saturated rings. The highest BCUT2D eigenvalue weighted by Gasteiger charge is 2.24. The summed E-state index contributed by atoms with van der Waals surface area (Å²) in [7, 11) is 3.52. The van der Waals surface area contributed by atoms with Crippen LogP contribution in [0.2, 0.25) is 5.02 Å². The maximum Gasteiger partial charge on any atom is 0.277 e. The Hall–Kier alpha value is -1.86. The van der Waals surface area contributed by atoms with Crippen LogP contribution >= 0.6 is 11.6 Å². The first-order valence-corrected chi connectivity index (χ1v) is 7.49. The van der Waals surface area contributed by atoms with Gasteiger partial charge in [-0.1, -0.05) is 11.6 Å². The van der Waals surface area contributed by atoms with E-state index in [0.717, 1.165) is 31.9 Å². The molecule has 1 aromatic carbocycles. The van der Waals surface area contributed by atoms with Crippen LogP contribution in [0.25, 0.3) is 0 Å². The van der Waals surface area contributed by atoms with E-state index in [2.05, 4.69) is 4.90 Å². The zero-order valence-electron chi connectivity index (χ0n) is 12.7. The molecule has 22 heavy (non-hydrogen) atoms. The van der Waals surface area contributed by atoms with Gasteiger partial charge < -0.3 is 14.7 Å². The number of halogens is 1. The van der Waals surface area contributed by atoms with E-state index in [4.69, 9.17) is 11.6 Å². The SMILES string of the molecule is CN(C)C(=O)C[NH+]1CCN(c2ccc([N+](=O)[O-])cc2Cl)CC1. The van der Waals surface area contributed by atoms with E-state index in [1.165, 1.54) is 17.0 Å². The molecule has 8 heteroatoms. The Balaban J connectivity index is 1.97. The Morgan fingerprint density at radius 1 is 1.41 bits per heavy atom. The number of hydrogen-bond donors (Lipinski definition) is 1. The monoisotopic (exact) mass is 327 g/mol. The molecular weight excluding hydrogens is 308 g/mol. The van der Waals surface area contributed by atoms with Gasteiger partial charge >= 0.3 is 0 Å². The molecule has 1 amide bonds. The third kappa shape index (κ3) is 3.86. The predicted octanol–water partition coefficient (Wildman–Crippen LogP) is 0.0413. The van der Waals surface area contributed by atoms with Gasteiger partial charge in [0, 0.05) is 26.2 Å². The number of nitrogens with one attached hydrogen (secondary N) is 1. The number of carbonyl (C=O) groups excluding carboxylic acids is 1. The summed E-state index contributed by atoms with van der Waals surface area (Å²) in [5.74, 6) is 0.122. The average Bonchev–Trinajstić information content (AvgIpc) is 2.48. The molecule has 0 unspecified atom stereocenters. The number of non-ortho nitro benzene ring substituents is 1. The predicted molar refractivity (Wildman–Crippen MR) is 84.6 cm³/mol. The van der Waals surface area contributed by atoms with E-state index in [1.807, 2.05) is 0 Å². The number of anilines is 1. The molecule has 0 radical (unpaired) electrons. The number of rotatable bonds is 4. The maximum absolute atomic E-state index is 11.7. The zero-order valence-corrected chi connectivity index (χ0v) is 13.5. The smallest absolute Gasteiger partial charge is 0.277 e. The van der Waals surface area contributed by atoms with Crippen molar-refractivity contribution in [1.29, 1.82) is 0 Å². The first kappa shape index (κ1) is 16.5. The van der Waals surface area contributed by atoms with Crippen molar-refractivity contribution in [1.82, 2.24) is 4.90 Å². The summed E-state index contributed by atoms with van der Waals surface area (Å²) in [6.07, 6.45) is 0. The molecule has 120 valence electrons. The van der Waals surface area contributed by atoms with E-state index < -0.39 is 4.92 Å². The van der Waals surface area contributed by atoms with Crippen molar-refractivity contribution in [3.05, 3.63) is 33.3 Å². The number of likely N-dealkylation sites (N-methyl/N-ethyl adjacent to an activating group) is 1. The minimum atomic E-state index is -0.454. The number of hydrogen-bond acceptors (Lipinski definition) is 4. The molecule has 7 nitrogen and oxygen atoms in total.